The number of nitrogens with zero attached hydrogens (tertiary/aromatic N) is 3. The van der Waals surface area contributed by atoms with Gasteiger partial charge < -0.3 is 5.32 Å². The van der Waals surface area contributed by atoms with Gasteiger partial charge in [0, 0.05) is 31.0 Å². The molecule has 0 spiro atoms. The van der Waals surface area contributed by atoms with Crippen molar-refractivity contribution in [1.82, 2.24) is 20.2 Å². The molecule has 0 saturated heterocycles. The van der Waals surface area contributed by atoms with E-state index >= 15 is 0 Å². The summed E-state index contributed by atoms with van der Waals surface area (Å²) in [5.74, 6) is 0.00404. The fraction of sp³-hybridized carbons (Fsp3) is 0.389. The van der Waals surface area contributed by atoms with Gasteiger partial charge in [-0.15, -0.1) is 0 Å². The van der Waals surface area contributed by atoms with Crippen LogP contribution >= 0.6 is 0 Å². The van der Waals surface area contributed by atoms with Gasteiger partial charge in [0.2, 0.25) is 5.91 Å². The van der Waals surface area contributed by atoms with Gasteiger partial charge in [-0.2, -0.15) is 0 Å². The minimum atomic E-state index is -0.237. The van der Waals surface area contributed by atoms with Gasteiger partial charge in [-0.25, -0.2) is 0 Å². The van der Waals surface area contributed by atoms with Crippen molar-refractivity contribution in [3.8, 4) is 0 Å². The SMILES string of the molecule is CC(C)(C)NC(=O)CN(Cc1ccccn1)Cc1ccccn1. The van der Waals surface area contributed by atoms with E-state index in [9.17, 15) is 4.79 Å². The average Bonchev–Trinajstić information content (AvgIpc) is 2.47. The second-order valence-corrected chi connectivity index (χ2v) is 6.59. The summed E-state index contributed by atoms with van der Waals surface area (Å²) in [6.45, 7) is 7.46. The molecule has 0 aromatic carbocycles. The first-order valence-electron chi connectivity index (χ1n) is 7.75. The zero-order chi connectivity index (χ0) is 16.7. The molecule has 0 saturated carbocycles. The van der Waals surface area contributed by atoms with Crippen LogP contribution in [0, 0.1) is 0 Å². The maximum Gasteiger partial charge on any atom is 0.234 e. The highest BCUT2D eigenvalue weighted by Gasteiger charge is 2.17. The van der Waals surface area contributed by atoms with Crippen molar-refractivity contribution in [1.29, 1.82) is 0 Å². The summed E-state index contributed by atoms with van der Waals surface area (Å²) in [7, 11) is 0. The lowest BCUT2D eigenvalue weighted by atomic mass is 10.1. The lowest BCUT2D eigenvalue weighted by Gasteiger charge is -2.25. The fourth-order valence-corrected chi connectivity index (χ4v) is 2.27. The molecule has 0 radical (unpaired) electrons. The van der Waals surface area contributed by atoms with Crippen molar-refractivity contribution >= 4 is 5.91 Å². The van der Waals surface area contributed by atoms with Crippen LogP contribution in [0.1, 0.15) is 32.2 Å². The quantitative estimate of drug-likeness (QED) is 0.890. The van der Waals surface area contributed by atoms with Crippen LogP contribution < -0.4 is 5.32 Å². The predicted molar refractivity (Wildman–Crippen MR) is 90.5 cm³/mol. The summed E-state index contributed by atoms with van der Waals surface area (Å²) in [5, 5.41) is 3.00. The summed E-state index contributed by atoms with van der Waals surface area (Å²) in [6.07, 6.45) is 3.53. The second-order valence-electron chi connectivity index (χ2n) is 6.59. The molecule has 2 aromatic heterocycles. The monoisotopic (exact) mass is 312 g/mol. The Balaban J connectivity index is 2.06. The Labute approximate surface area is 137 Å². The first-order valence-corrected chi connectivity index (χ1v) is 7.75. The van der Waals surface area contributed by atoms with E-state index in [1.807, 2.05) is 62.1 Å². The van der Waals surface area contributed by atoms with Gasteiger partial charge in [0.1, 0.15) is 0 Å². The standard InChI is InChI=1S/C18H24N4O/c1-18(2,3)21-17(23)14-22(12-15-8-4-6-10-19-15)13-16-9-5-7-11-20-16/h4-11H,12-14H2,1-3H3,(H,21,23). The molecule has 0 aliphatic heterocycles. The van der Waals surface area contributed by atoms with Crippen molar-refractivity contribution in [2.75, 3.05) is 6.54 Å². The lowest BCUT2D eigenvalue weighted by molar-refractivity contribution is -0.123. The molecule has 0 atom stereocenters. The first kappa shape index (κ1) is 17.1. The van der Waals surface area contributed by atoms with Gasteiger partial charge in [0.05, 0.1) is 17.9 Å². The number of aromatic nitrogens is 2. The molecule has 5 heteroatoms. The topological polar surface area (TPSA) is 58.1 Å². The molecule has 0 unspecified atom stereocenters. The molecule has 0 bridgehead atoms. The van der Waals surface area contributed by atoms with Crippen LogP contribution in [0.5, 0.6) is 0 Å². The maximum atomic E-state index is 12.3. The molecule has 122 valence electrons. The minimum Gasteiger partial charge on any atom is -0.350 e. The van der Waals surface area contributed by atoms with Crippen LogP contribution in [0.15, 0.2) is 48.8 Å². The third-order valence-electron chi connectivity index (χ3n) is 3.11. The number of rotatable bonds is 6. The van der Waals surface area contributed by atoms with Gasteiger partial charge >= 0.3 is 0 Å². The molecule has 5 nitrogen and oxygen atoms in total. The fourth-order valence-electron chi connectivity index (χ4n) is 2.27. The van der Waals surface area contributed by atoms with Crippen molar-refractivity contribution < 1.29 is 4.79 Å². The molecule has 1 N–H and O–H groups in total. The first-order chi connectivity index (χ1) is 10.9. The van der Waals surface area contributed by atoms with E-state index in [0.29, 0.717) is 19.6 Å². The molecular weight excluding hydrogens is 288 g/mol. The van der Waals surface area contributed by atoms with Gasteiger partial charge in [-0.3, -0.25) is 19.7 Å². The van der Waals surface area contributed by atoms with Gasteiger partial charge in [-0.1, -0.05) is 12.1 Å². The maximum absolute atomic E-state index is 12.3. The highest BCUT2D eigenvalue weighted by molar-refractivity contribution is 5.78. The molecule has 2 aromatic rings. The number of nitrogens with one attached hydrogen (secondary N) is 1. The van der Waals surface area contributed by atoms with E-state index in [1.54, 1.807) is 12.4 Å². The molecular formula is C18H24N4O. The summed E-state index contributed by atoms with van der Waals surface area (Å²) < 4.78 is 0. The number of hydrogen-bond acceptors (Lipinski definition) is 4. The zero-order valence-corrected chi connectivity index (χ0v) is 14.0. The van der Waals surface area contributed by atoms with Crippen LogP contribution in [0.3, 0.4) is 0 Å². The summed E-state index contributed by atoms with van der Waals surface area (Å²) in [5.41, 5.74) is 1.64. The normalized spacial score (nSPS) is 11.5. The van der Waals surface area contributed by atoms with Crippen LogP contribution in [-0.2, 0) is 17.9 Å². The third-order valence-corrected chi connectivity index (χ3v) is 3.11. The van der Waals surface area contributed by atoms with Crippen LogP contribution in [0.2, 0.25) is 0 Å². The zero-order valence-electron chi connectivity index (χ0n) is 14.0. The van der Waals surface area contributed by atoms with Gasteiger partial charge in [0.15, 0.2) is 0 Å². The van der Waals surface area contributed by atoms with Gasteiger partial charge in [-0.05, 0) is 45.0 Å². The van der Waals surface area contributed by atoms with E-state index < -0.39 is 0 Å². The Hall–Kier alpha value is -2.27. The molecule has 0 aliphatic carbocycles. The van der Waals surface area contributed by atoms with Crippen molar-refractivity contribution in [3.05, 3.63) is 60.2 Å². The Bertz CT molecular complexity index is 566. The number of pyridine rings is 2. The van der Waals surface area contributed by atoms with E-state index in [1.165, 1.54) is 0 Å². The molecule has 2 heterocycles. The van der Waals surface area contributed by atoms with Crippen LogP contribution in [0.25, 0.3) is 0 Å². The molecule has 2 rings (SSSR count). The Morgan fingerprint density at radius 1 is 1.00 bits per heavy atom. The van der Waals surface area contributed by atoms with E-state index in [-0.39, 0.29) is 11.4 Å². The Morgan fingerprint density at radius 3 is 1.91 bits per heavy atom. The highest BCUT2D eigenvalue weighted by Crippen LogP contribution is 2.07. The van der Waals surface area contributed by atoms with Gasteiger partial charge in [0.25, 0.3) is 0 Å². The van der Waals surface area contributed by atoms with E-state index in [2.05, 4.69) is 15.3 Å². The Kier molecular flexibility index (Phi) is 5.82. The van der Waals surface area contributed by atoms with E-state index in [0.717, 1.165) is 11.4 Å². The Morgan fingerprint density at radius 2 is 1.52 bits per heavy atom. The third kappa shape index (κ3) is 6.57. The van der Waals surface area contributed by atoms with Crippen LogP contribution in [-0.4, -0.2) is 32.9 Å². The van der Waals surface area contributed by atoms with E-state index in [4.69, 9.17) is 0 Å². The molecule has 0 aliphatic rings. The highest BCUT2D eigenvalue weighted by atomic mass is 16.2. The predicted octanol–water partition coefficient (Wildman–Crippen LogP) is 2.39. The minimum absolute atomic E-state index is 0.00404. The average molecular weight is 312 g/mol. The number of carbonyl (C=O) groups is 1. The smallest absolute Gasteiger partial charge is 0.234 e. The number of amides is 1. The summed E-state index contributed by atoms with van der Waals surface area (Å²) in [6, 6.07) is 11.6. The van der Waals surface area contributed by atoms with Crippen molar-refractivity contribution in [3.63, 3.8) is 0 Å². The summed E-state index contributed by atoms with van der Waals surface area (Å²) >= 11 is 0. The molecule has 1 amide bonds. The largest absolute Gasteiger partial charge is 0.350 e. The lowest BCUT2D eigenvalue weighted by Crippen LogP contribution is -2.45. The summed E-state index contributed by atoms with van der Waals surface area (Å²) in [4.78, 5) is 23.0. The van der Waals surface area contributed by atoms with Crippen molar-refractivity contribution in [2.45, 2.75) is 39.4 Å². The number of hydrogen-bond donors (Lipinski definition) is 1. The molecule has 23 heavy (non-hydrogen) atoms. The molecule has 0 fully saturated rings. The second kappa shape index (κ2) is 7.83. The van der Waals surface area contributed by atoms with Crippen molar-refractivity contribution in [2.24, 2.45) is 0 Å². The van der Waals surface area contributed by atoms with Crippen LogP contribution in [0.4, 0.5) is 0 Å². The number of carbonyl (C=O) groups excluding carboxylic acids is 1.